The molecule has 0 bridgehead atoms. The number of hydrogen-bond acceptors (Lipinski definition) is 6. The molecule has 1 aromatic carbocycles. The van der Waals surface area contributed by atoms with Gasteiger partial charge in [-0.3, -0.25) is 4.72 Å². The number of benzene rings is 1. The van der Waals surface area contributed by atoms with E-state index in [-0.39, 0.29) is 21.3 Å². The summed E-state index contributed by atoms with van der Waals surface area (Å²) >= 11 is 0. The number of pyridine rings is 1. The molecular weight excluding hydrogens is 316 g/mol. The average Bonchev–Trinajstić information content (AvgIpc) is 2.38. The molecular formula is C11H12N4O4S2. The van der Waals surface area contributed by atoms with Gasteiger partial charge in [-0.15, -0.1) is 0 Å². The van der Waals surface area contributed by atoms with Crippen molar-refractivity contribution < 1.29 is 16.8 Å². The summed E-state index contributed by atoms with van der Waals surface area (Å²) in [4.78, 5) is 3.08. The van der Waals surface area contributed by atoms with Crippen LogP contribution in [0.25, 0.3) is 0 Å². The van der Waals surface area contributed by atoms with Gasteiger partial charge in [0.25, 0.3) is 10.0 Å². The highest BCUT2D eigenvalue weighted by Gasteiger charge is 2.22. The Morgan fingerprint density at radius 3 is 2.19 bits per heavy atom. The molecule has 21 heavy (non-hydrogen) atoms. The van der Waals surface area contributed by atoms with Gasteiger partial charge in [0.2, 0.25) is 10.0 Å². The number of sulfonamides is 2. The van der Waals surface area contributed by atoms with Crippen molar-refractivity contribution in [1.29, 1.82) is 0 Å². The number of hydrogen-bond donors (Lipinski definition) is 3. The maximum Gasteiger partial charge on any atom is 0.265 e. The van der Waals surface area contributed by atoms with E-state index >= 15 is 0 Å². The fraction of sp³-hybridized carbons (Fsp3) is 0. The van der Waals surface area contributed by atoms with Crippen molar-refractivity contribution in [1.82, 2.24) is 4.98 Å². The van der Waals surface area contributed by atoms with Crippen LogP contribution < -0.4 is 15.6 Å². The van der Waals surface area contributed by atoms with Crippen molar-refractivity contribution in [3.63, 3.8) is 0 Å². The normalized spacial score (nSPS) is 12.0. The Hall–Kier alpha value is -2.17. The Balaban J connectivity index is 2.51. The summed E-state index contributed by atoms with van der Waals surface area (Å²) in [5.74, 6) is -0.196. The lowest BCUT2D eigenvalue weighted by Gasteiger charge is -2.12. The molecule has 0 saturated carbocycles. The number of aromatic nitrogens is 1. The zero-order valence-electron chi connectivity index (χ0n) is 10.6. The SMILES string of the molecule is Nc1ncccc1S(=O)(=O)Nc1ccccc1S(N)(=O)=O. The van der Waals surface area contributed by atoms with Crippen molar-refractivity contribution in [2.45, 2.75) is 9.79 Å². The summed E-state index contributed by atoms with van der Waals surface area (Å²) in [6.45, 7) is 0. The van der Waals surface area contributed by atoms with Crippen LogP contribution >= 0.6 is 0 Å². The van der Waals surface area contributed by atoms with Gasteiger partial charge in [0.1, 0.15) is 15.6 Å². The third-order valence-corrected chi connectivity index (χ3v) is 4.91. The molecule has 0 atom stereocenters. The molecule has 0 aliphatic carbocycles. The average molecular weight is 328 g/mol. The number of nitrogens with zero attached hydrogens (tertiary/aromatic N) is 1. The highest BCUT2D eigenvalue weighted by molar-refractivity contribution is 7.93. The van der Waals surface area contributed by atoms with Gasteiger partial charge in [-0.1, -0.05) is 12.1 Å². The maximum absolute atomic E-state index is 12.2. The van der Waals surface area contributed by atoms with E-state index in [9.17, 15) is 16.8 Å². The lowest BCUT2D eigenvalue weighted by atomic mass is 10.3. The number of primary sulfonamides is 1. The standard InChI is InChI=1S/C11H12N4O4S2/c12-11-10(6-3-7-14-11)21(18,19)15-8-4-1-2-5-9(8)20(13,16)17/h1-7,15H,(H2,12,14)(H2,13,16,17). The fourth-order valence-electron chi connectivity index (χ4n) is 1.63. The quantitative estimate of drug-likeness (QED) is 0.726. The van der Waals surface area contributed by atoms with Crippen molar-refractivity contribution in [3.05, 3.63) is 42.6 Å². The lowest BCUT2D eigenvalue weighted by molar-refractivity contribution is 0.598. The van der Waals surface area contributed by atoms with Gasteiger partial charge in [0, 0.05) is 6.20 Å². The van der Waals surface area contributed by atoms with Gasteiger partial charge in [0.05, 0.1) is 5.69 Å². The van der Waals surface area contributed by atoms with Crippen LogP contribution in [0.4, 0.5) is 11.5 Å². The van der Waals surface area contributed by atoms with Crippen molar-refractivity contribution >= 4 is 31.6 Å². The Labute approximate surface area is 121 Å². The molecule has 2 rings (SSSR count). The molecule has 0 amide bonds. The smallest absolute Gasteiger partial charge is 0.265 e. The summed E-state index contributed by atoms with van der Waals surface area (Å²) in [5.41, 5.74) is 5.35. The van der Waals surface area contributed by atoms with E-state index in [4.69, 9.17) is 10.9 Å². The number of anilines is 2. The molecule has 2 aromatic rings. The Kier molecular flexibility index (Phi) is 3.85. The van der Waals surface area contributed by atoms with Gasteiger partial charge < -0.3 is 5.73 Å². The lowest BCUT2D eigenvalue weighted by Crippen LogP contribution is -2.19. The third-order valence-electron chi connectivity index (χ3n) is 2.53. The molecule has 10 heteroatoms. The van der Waals surface area contributed by atoms with Crippen LogP contribution in [0, 0.1) is 0 Å². The van der Waals surface area contributed by atoms with Crippen molar-refractivity contribution in [3.8, 4) is 0 Å². The van der Waals surface area contributed by atoms with E-state index in [2.05, 4.69) is 9.71 Å². The topological polar surface area (TPSA) is 145 Å². The second-order valence-corrected chi connectivity index (χ2v) is 7.21. The Morgan fingerprint density at radius 2 is 1.57 bits per heavy atom. The highest BCUT2D eigenvalue weighted by atomic mass is 32.2. The molecule has 5 N–H and O–H groups in total. The predicted molar refractivity (Wildman–Crippen MR) is 77.3 cm³/mol. The summed E-state index contributed by atoms with van der Waals surface area (Å²) < 4.78 is 49.5. The van der Waals surface area contributed by atoms with Crippen LogP contribution in [0.3, 0.4) is 0 Å². The molecule has 0 radical (unpaired) electrons. The van der Waals surface area contributed by atoms with Gasteiger partial charge in [-0.05, 0) is 24.3 Å². The van der Waals surface area contributed by atoms with Crippen LogP contribution in [0.2, 0.25) is 0 Å². The number of nitrogens with two attached hydrogens (primary N) is 2. The molecule has 112 valence electrons. The van der Waals surface area contributed by atoms with Crippen LogP contribution in [-0.4, -0.2) is 21.8 Å². The molecule has 0 aliphatic heterocycles. The van der Waals surface area contributed by atoms with Crippen LogP contribution in [0.5, 0.6) is 0 Å². The number of nitrogens with one attached hydrogen (secondary N) is 1. The van der Waals surface area contributed by atoms with Crippen LogP contribution in [-0.2, 0) is 20.0 Å². The largest absolute Gasteiger partial charge is 0.383 e. The predicted octanol–water partition coefficient (Wildman–Crippen LogP) is 0.112. The fourth-order valence-corrected chi connectivity index (χ4v) is 3.55. The highest BCUT2D eigenvalue weighted by Crippen LogP contribution is 2.24. The molecule has 1 heterocycles. The second kappa shape index (κ2) is 5.31. The minimum atomic E-state index is -4.08. The van der Waals surface area contributed by atoms with E-state index in [0.717, 1.165) is 0 Å². The summed E-state index contributed by atoms with van der Waals surface area (Å²) in [6, 6.07) is 8.03. The number of nitrogen functional groups attached to an aromatic ring is 1. The summed E-state index contributed by atoms with van der Waals surface area (Å²) in [7, 11) is -8.16. The van der Waals surface area contributed by atoms with Gasteiger partial charge in [0.15, 0.2) is 0 Å². The van der Waals surface area contributed by atoms with E-state index in [0.29, 0.717) is 0 Å². The number of para-hydroxylation sites is 1. The van der Waals surface area contributed by atoms with Gasteiger partial charge >= 0.3 is 0 Å². The maximum atomic E-state index is 12.2. The first-order chi connectivity index (χ1) is 9.72. The second-order valence-electron chi connectivity index (χ2n) is 4.03. The van der Waals surface area contributed by atoms with Crippen molar-refractivity contribution in [2.75, 3.05) is 10.5 Å². The van der Waals surface area contributed by atoms with Crippen molar-refractivity contribution in [2.24, 2.45) is 5.14 Å². The first kappa shape index (κ1) is 15.2. The Morgan fingerprint density at radius 1 is 0.952 bits per heavy atom. The first-order valence-corrected chi connectivity index (χ1v) is 8.60. The first-order valence-electron chi connectivity index (χ1n) is 5.57. The molecule has 0 saturated heterocycles. The van der Waals surface area contributed by atoms with E-state index < -0.39 is 20.0 Å². The molecule has 1 aromatic heterocycles. The third kappa shape index (κ3) is 3.29. The van der Waals surface area contributed by atoms with Crippen LogP contribution in [0.15, 0.2) is 52.4 Å². The zero-order valence-corrected chi connectivity index (χ0v) is 12.2. The minimum Gasteiger partial charge on any atom is -0.383 e. The zero-order chi connectivity index (χ0) is 15.7. The summed E-state index contributed by atoms with van der Waals surface area (Å²) in [6.07, 6.45) is 1.34. The Bertz CT molecular complexity index is 879. The van der Waals surface area contributed by atoms with Gasteiger partial charge in [-0.25, -0.2) is 27.0 Å². The van der Waals surface area contributed by atoms with Gasteiger partial charge in [-0.2, -0.15) is 0 Å². The molecule has 0 aliphatic rings. The molecule has 8 nitrogen and oxygen atoms in total. The minimum absolute atomic E-state index is 0.164. The number of rotatable bonds is 4. The van der Waals surface area contributed by atoms with E-state index in [1.807, 2.05) is 0 Å². The summed E-state index contributed by atoms with van der Waals surface area (Å²) in [5, 5.41) is 5.05. The molecule has 0 unspecified atom stereocenters. The van der Waals surface area contributed by atoms with E-state index in [1.54, 1.807) is 0 Å². The molecule has 0 spiro atoms. The van der Waals surface area contributed by atoms with E-state index in [1.165, 1.54) is 42.6 Å². The monoisotopic (exact) mass is 328 g/mol. The molecule has 0 fully saturated rings. The van der Waals surface area contributed by atoms with Crippen LogP contribution in [0.1, 0.15) is 0 Å².